The molecule has 0 radical (unpaired) electrons. The van der Waals surface area contributed by atoms with Gasteiger partial charge in [-0.05, 0) is 26.0 Å². The molecule has 0 aliphatic heterocycles. The van der Waals surface area contributed by atoms with Crippen molar-refractivity contribution in [2.45, 2.75) is 13.8 Å². The minimum atomic E-state index is 0.949. The number of nitrogens with zero attached hydrogens (tertiary/aromatic N) is 2. The summed E-state index contributed by atoms with van der Waals surface area (Å²) < 4.78 is 0. The summed E-state index contributed by atoms with van der Waals surface area (Å²) in [7, 11) is 0. The van der Waals surface area contributed by atoms with E-state index in [1.807, 2.05) is 0 Å². The van der Waals surface area contributed by atoms with Crippen LogP contribution >= 0.6 is 0 Å². The van der Waals surface area contributed by atoms with Crippen LogP contribution in [0.15, 0.2) is 84.9 Å². The van der Waals surface area contributed by atoms with E-state index in [0.29, 0.717) is 0 Å². The van der Waals surface area contributed by atoms with Crippen LogP contribution < -0.4 is 0 Å². The van der Waals surface area contributed by atoms with E-state index in [1.165, 1.54) is 11.1 Å². The van der Waals surface area contributed by atoms with Gasteiger partial charge in [-0.1, -0.05) is 83.9 Å². The number of aryl methyl sites for hydroxylation is 2. The van der Waals surface area contributed by atoms with Gasteiger partial charge in [0.05, 0.1) is 22.4 Å². The van der Waals surface area contributed by atoms with Crippen molar-refractivity contribution in [2.24, 2.45) is 0 Å². The van der Waals surface area contributed by atoms with Crippen molar-refractivity contribution >= 4 is 21.8 Å². The second kappa shape index (κ2) is 6.58. The van der Waals surface area contributed by atoms with Crippen molar-refractivity contribution in [1.82, 2.24) is 9.97 Å². The second-order valence-electron chi connectivity index (χ2n) is 7.33. The molecular weight excluding hydrogens is 340 g/mol. The molecule has 0 amide bonds. The first-order valence-corrected chi connectivity index (χ1v) is 9.52. The van der Waals surface area contributed by atoms with Gasteiger partial charge in [0.1, 0.15) is 0 Å². The Hall–Kier alpha value is -3.52. The molecule has 0 spiro atoms. The van der Waals surface area contributed by atoms with Gasteiger partial charge < -0.3 is 0 Å². The average molecular weight is 360 g/mol. The molecule has 0 aliphatic rings. The van der Waals surface area contributed by atoms with Gasteiger partial charge in [0, 0.05) is 21.9 Å². The van der Waals surface area contributed by atoms with Gasteiger partial charge >= 0.3 is 0 Å². The summed E-state index contributed by atoms with van der Waals surface area (Å²) in [5.41, 5.74) is 8.59. The van der Waals surface area contributed by atoms with Crippen LogP contribution in [0.1, 0.15) is 11.1 Å². The van der Waals surface area contributed by atoms with Crippen molar-refractivity contribution < 1.29 is 0 Å². The number of hydrogen-bond donors (Lipinski definition) is 0. The third kappa shape index (κ3) is 2.93. The Morgan fingerprint density at radius 2 is 0.786 bits per heavy atom. The van der Waals surface area contributed by atoms with Gasteiger partial charge in [-0.2, -0.15) is 0 Å². The molecule has 134 valence electrons. The van der Waals surface area contributed by atoms with Gasteiger partial charge in [-0.25, -0.2) is 9.97 Å². The molecule has 2 aromatic heterocycles. The highest BCUT2D eigenvalue weighted by Crippen LogP contribution is 2.28. The van der Waals surface area contributed by atoms with Crippen LogP contribution in [-0.4, -0.2) is 9.97 Å². The summed E-state index contributed by atoms with van der Waals surface area (Å²) in [6, 6.07) is 29.7. The maximum Gasteiger partial charge on any atom is 0.0972 e. The van der Waals surface area contributed by atoms with Crippen LogP contribution in [0.5, 0.6) is 0 Å². The van der Waals surface area contributed by atoms with Crippen molar-refractivity contribution in [3.63, 3.8) is 0 Å². The normalized spacial score (nSPS) is 11.2. The highest BCUT2D eigenvalue weighted by molar-refractivity contribution is 6.04. The van der Waals surface area contributed by atoms with E-state index in [1.54, 1.807) is 0 Å². The fourth-order valence-corrected chi connectivity index (χ4v) is 3.54. The molecule has 0 saturated heterocycles. The van der Waals surface area contributed by atoms with Crippen molar-refractivity contribution in [3.8, 4) is 22.5 Å². The minimum Gasteiger partial charge on any atom is -0.245 e. The maximum atomic E-state index is 4.99. The Labute approximate surface area is 164 Å². The third-order valence-electron chi connectivity index (χ3n) is 5.21. The molecule has 2 heteroatoms. The molecular formula is C26H20N2. The Morgan fingerprint density at radius 1 is 0.429 bits per heavy atom. The van der Waals surface area contributed by atoms with E-state index in [-0.39, 0.29) is 0 Å². The van der Waals surface area contributed by atoms with Crippen LogP contribution in [0.25, 0.3) is 44.3 Å². The minimum absolute atomic E-state index is 0.949. The first kappa shape index (κ1) is 16.6. The smallest absolute Gasteiger partial charge is 0.0972 e. The molecule has 0 saturated carbocycles. The molecule has 5 aromatic rings. The quantitative estimate of drug-likeness (QED) is 0.326. The molecule has 0 unspecified atom stereocenters. The molecule has 2 nitrogen and oxygen atoms in total. The molecule has 28 heavy (non-hydrogen) atoms. The summed E-state index contributed by atoms with van der Waals surface area (Å²) >= 11 is 0. The lowest BCUT2D eigenvalue weighted by Gasteiger charge is -2.08. The first-order chi connectivity index (χ1) is 13.7. The monoisotopic (exact) mass is 360 g/mol. The van der Waals surface area contributed by atoms with Crippen LogP contribution in [0.3, 0.4) is 0 Å². The molecule has 0 bridgehead atoms. The largest absolute Gasteiger partial charge is 0.245 e. The van der Waals surface area contributed by atoms with Crippen LogP contribution in [0.2, 0.25) is 0 Å². The second-order valence-corrected chi connectivity index (χ2v) is 7.33. The zero-order valence-electron chi connectivity index (χ0n) is 16.0. The first-order valence-electron chi connectivity index (χ1n) is 9.52. The topological polar surface area (TPSA) is 25.8 Å². The van der Waals surface area contributed by atoms with Crippen LogP contribution in [0, 0.1) is 13.8 Å². The highest BCUT2D eigenvalue weighted by atomic mass is 14.8. The summed E-state index contributed by atoms with van der Waals surface area (Å²) in [6.45, 7) is 4.20. The van der Waals surface area contributed by atoms with Crippen molar-refractivity contribution in [2.75, 3.05) is 0 Å². The molecule has 3 aromatic carbocycles. The maximum absolute atomic E-state index is 4.99. The average Bonchev–Trinajstić information content (AvgIpc) is 2.74. The Bertz CT molecular complexity index is 1200. The Kier molecular flexibility index (Phi) is 3.91. The number of aromatic nitrogens is 2. The number of benzene rings is 3. The van der Waals surface area contributed by atoms with E-state index in [9.17, 15) is 0 Å². The Balaban J connectivity index is 1.72. The summed E-state index contributed by atoms with van der Waals surface area (Å²) in [6.07, 6.45) is 0. The van der Waals surface area contributed by atoms with Crippen molar-refractivity contribution in [3.05, 3.63) is 96.1 Å². The molecule has 0 N–H and O–H groups in total. The predicted molar refractivity (Wildman–Crippen MR) is 117 cm³/mol. The summed E-state index contributed by atoms with van der Waals surface area (Å²) in [5.74, 6) is 0. The van der Waals surface area contributed by atoms with E-state index >= 15 is 0 Å². The number of fused-ring (bicyclic) bond motifs is 3. The lowest BCUT2D eigenvalue weighted by atomic mass is 10.0. The predicted octanol–water partition coefficient (Wildman–Crippen LogP) is 6.73. The Morgan fingerprint density at radius 3 is 1.18 bits per heavy atom. The van der Waals surface area contributed by atoms with Crippen LogP contribution in [0.4, 0.5) is 0 Å². The molecule has 5 rings (SSSR count). The lowest BCUT2D eigenvalue weighted by Crippen LogP contribution is -1.91. The fourth-order valence-electron chi connectivity index (χ4n) is 3.54. The van der Waals surface area contributed by atoms with Crippen molar-refractivity contribution in [1.29, 1.82) is 0 Å². The van der Waals surface area contributed by atoms with E-state index < -0.39 is 0 Å². The number of rotatable bonds is 2. The molecule has 0 fully saturated rings. The number of hydrogen-bond acceptors (Lipinski definition) is 2. The zero-order valence-corrected chi connectivity index (χ0v) is 16.0. The summed E-state index contributed by atoms with van der Waals surface area (Å²) in [4.78, 5) is 9.98. The summed E-state index contributed by atoms with van der Waals surface area (Å²) in [5, 5.41) is 2.22. The SMILES string of the molecule is Cc1ccc(-c2ccc3ccc4ccc(-c5ccc(C)cc5)nc4c3n2)cc1. The lowest BCUT2D eigenvalue weighted by molar-refractivity contribution is 1.36. The molecule has 0 atom stereocenters. The van der Waals surface area contributed by atoms with Gasteiger partial charge in [0.15, 0.2) is 0 Å². The third-order valence-corrected chi connectivity index (χ3v) is 5.21. The fraction of sp³-hybridized carbons (Fsp3) is 0.0769. The standard InChI is InChI=1S/C26H20N2/c1-17-3-7-19(8-4-17)23-15-13-21-11-12-22-14-16-24(28-26(22)25(21)27-23)20-9-5-18(2)6-10-20/h3-16H,1-2H3. The van der Waals surface area contributed by atoms with Gasteiger partial charge in [-0.15, -0.1) is 0 Å². The molecule has 2 heterocycles. The van der Waals surface area contributed by atoms with E-state index in [4.69, 9.17) is 9.97 Å². The van der Waals surface area contributed by atoms with Gasteiger partial charge in [0.2, 0.25) is 0 Å². The highest BCUT2D eigenvalue weighted by Gasteiger charge is 2.08. The van der Waals surface area contributed by atoms with Crippen LogP contribution in [-0.2, 0) is 0 Å². The van der Waals surface area contributed by atoms with E-state index in [2.05, 4.69) is 98.8 Å². The molecule has 0 aliphatic carbocycles. The van der Waals surface area contributed by atoms with E-state index in [0.717, 1.165) is 44.3 Å². The zero-order chi connectivity index (χ0) is 19.1. The van der Waals surface area contributed by atoms with Gasteiger partial charge in [-0.3, -0.25) is 0 Å². The number of pyridine rings is 2. The van der Waals surface area contributed by atoms with Gasteiger partial charge in [0.25, 0.3) is 0 Å².